The number of benzene rings is 1. The molecule has 28 heavy (non-hydrogen) atoms. The summed E-state index contributed by atoms with van der Waals surface area (Å²) in [4.78, 5) is 11.2. The lowest BCUT2D eigenvalue weighted by Crippen LogP contribution is -2.40. The van der Waals surface area contributed by atoms with Gasteiger partial charge in [-0.15, -0.1) is 0 Å². The third kappa shape index (κ3) is 3.31. The second-order valence-electron chi connectivity index (χ2n) is 7.04. The van der Waals surface area contributed by atoms with Crippen LogP contribution in [0.4, 0.5) is 10.2 Å². The molecule has 1 fully saturated rings. The molecule has 8 heteroatoms. The van der Waals surface area contributed by atoms with Crippen LogP contribution in [0.15, 0.2) is 41.4 Å². The zero-order valence-corrected chi connectivity index (χ0v) is 16.7. The Morgan fingerprint density at radius 1 is 1.32 bits per heavy atom. The zero-order chi connectivity index (χ0) is 19.7. The number of hydrogen-bond acceptors (Lipinski definition) is 7. The van der Waals surface area contributed by atoms with Crippen LogP contribution in [0.25, 0.3) is 0 Å². The van der Waals surface area contributed by atoms with Gasteiger partial charge in [-0.3, -0.25) is 4.99 Å². The Bertz CT molecular complexity index is 910. The molecular weight excluding hydrogens is 379 g/mol. The number of amidine groups is 1. The van der Waals surface area contributed by atoms with Gasteiger partial charge in [-0.1, -0.05) is 30.0 Å². The average Bonchev–Trinajstić information content (AvgIpc) is 3.08. The fourth-order valence-electron chi connectivity index (χ4n) is 4.03. The number of hydrogen-bond donors (Lipinski definition) is 1. The maximum Gasteiger partial charge on any atom is 0.215 e. The van der Waals surface area contributed by atoms with Crippen LogP contribution >= 0.6 is 11.8 Å². The predicted octanol–water partition coefficient (Wildman–Crippen LogP) is 2.77. The molecule has 1 saturated heterocycles. The van der Waals surface area contributed by atoms with Crippen molar-refractivity contribution in [1.29, 1.82) is 0 Å². The standard InChI is InChI=1S/C20H23FN4O2S/c1-26-11-13-7-17(24-18(8-13)27-2)25-10-14-9-23-19(22)28-20(14,12-25)15-5-3-4-6-16(15)21/h3-8,14H,9-12H2,1-2H3,(H2,22,23)/t14-,20-/m0/s1. The van der Waals surface area contributed by atoms with Crippen LogP contribution < -0.4 is 15.4 Å². The molecule has 2 N–H and O–H groups in total. The first-order valence-corrected chi connectivity index (χ1v) is 9.90. The van der Waals surface area contributed by atoms with Crippen LogP contribution in [-0.2, 0) is 16.1 Å². The number of halogens is 1. The summed E-state index contributed by atoms with van der Waals surface area (Å²) in [5.41, 5.74) is 7.72. The maximum atomic E-state index is 14.8. The van der Waals surface area contributed by atoms with Crippen LogP contribution in [0.3, 0.4) is 0 Å². The Balaban J connectivity index is 1.74. The summed E-state index contributed by atoms with van der Waals surface area (Å²) in [6, 6.07) is 10.8. The van der Waals surface area contributed by atoms with Gasteiger partial charge in [0.2, 0.25) is 5.88 Å². The molecule has 0 aliphatic carbocycles. The van der Waals surface area contributed by atoms with E-state index >= 15 is 0 Å². The number of nitrogens with two attached hydrogens (primary N) is 1. The molecule has 0 spiro atoms. The molecule has 2 atom stereocenters. The Labute approximate surface area is 167 Å². The van der Waals surface area contributed by atoms with Crippen molar-refractivity contribution in [3.63, 3.8) is 0 Å². The van der Waals surface area contributed by atoms with Crippen molar-refractivity contribution in [2.75, 3.05) is 38.8 Å². The first kappa shape index (κ1) is 19.0. The quantitative estimate of drug-likeness (QED) is 0.829. The van der Waals surface area contributed by atoms with E-state index in [4.69, 9.17) is 15.2 Å². The van der Waals surface area contributed by atoms with Crippen LogP contribution in [0, 0.1) is 11.7 Å². The number of nitrogens with zero attached hydrogens (tertiary/aromatic N) is 3. The van der Waals surface area contributed by atoms with Gasteiger partial charge in [0, 0.05) is 44.3 Å². The number of pyridine rings is 1. The van der Waals surface area contributed by atoms with Crippen LogP contribution in [0.5, 0.6) is 5.88 Å². The molecule has 148 valence electrons. The lowest BCUT2D eigenvalue weighted by Gasteiger charge is -2.36. The minimum Gasteiger partial charge on any atom is -0.481 e. The highest BCUT2D eigenvalue weighted by Gasteiger charge is 2.52. The molecule has 2 aromatic rings. The Hall–Kier alpha value is -2.32. The highest BCUT2D eigenvalue weighted by molar-refractivity contribution is 8.14. The highest BCUT2D eigenvalue weighted by atomic mass is 32.2. The van der Waals surface area contributed by atoms with E-state index in [0.29, 0.717) is 42.9 Å². The Morgan fingerprint density at radius 3 is 2.89 bits per heavy atom. The van der Waals surface area contributed by atoms with Gasteiger partial charge in [0.15, 0.2) is 5.17 Å². The number of rotatable bonds is 5. The molecule has 0 unspecified atom stereocenters. The van der Waals surface area contributed by atoms with Gasteiger partial charge < -0.3 is 20.1 Å². The van der Waals surface area contributed by atoms with E-state index in [0.717, 1.165) is 11.4 Å². The van der Waals surface area contributed by atoms with E-state index in [1.54, 1.807) is 20.3 Å². The van der Waals surface area contributed by atoms with E-state index < -0.39 is 4.75 Å². The smallest absolute Gasteiger partial charge is 0.215 e. The van der Waals surface area contributed by atoms with Crippen molar-refractivity contribution in [1.82, 2.24) is 4.98 Å². The van der Waals surface area contributed by atoms with E-state index in [9.17, 15) is 4.39 Å². The van der Waals surface area contributed by atoms with Crippen LogP contribution in [0.1, 0.15) is 11.1 Å². The third-order valence-corrected chi connectivity index (χ3v) is 6.69. The van der Waals surface area contributed by atoms with Gasteiger partial charge in [-0.05, 0) is 17.7 Å². The lowest BCUT2D eigenvalue weighted by molar-refractivity contribution is 0.184. The average molecular weight is 402 g/mol. The van der Waals surface area contributed by atoms with Gasteiger partial charge in [0.25, 0.3) is 0 Å². The molecule has 1 aromatic carbocycles. The molecule has 1 aromatic heterocycles. The first-order valence-electron chi connectivity index (χ1n) is 9.08. The highest BCUT2D eigenvalue weighted by Crippen LogP contribution is 2.51. The minimum absolute atomic E-state index is 0.126. The number of anilines is 1. The maximum absolute atomic E-state index is 14.8. The largest absolute Gasteiger partial charge is 0.481 e. The van der Waals surface area contributed by atoms with Gasteiger partial charge in [0.1, 0.15) is 11.6 Å². The van der Waals surface area contributed by atoms with Gasteiger partial charge in [-0.2, -0.15) is 4.98 Å². The summed E-state index contributed by atoms with van der Waals surface area (Å²) < 4.78 is 24.9. The van der Waals surface area contributed by atoms with E-state index in [1.165, 1.54) is 17.8 Å². The van der Waals surface area contributed by atoms with Crippen molar-refractivity contribution in [2.24, 2.45) is 16.6 Å². The molecule has 6 nitrogen and oxygen atoms in total. The fourth-order valence-corrected chi connectivity index (χ4v) is 5.35. The molecule has 0 radical (unpaired) electrons. The normalized spacial score (nSPS) is 24.0. The molecule has 2 aliphatic rings. The minimum atomic E-state index is -0.497. The molecule has 4 rings (SSSR count). The van der Waals surface area contributed by atoms with Gasteiger partial charge >= 0.3 is 0 Å². The summed E-state index contributed by atoms with van der Waals surface area (Å²) in [7, 11) is 3.25. The fraction of sp³-hybridized carbons (Fsp3) is 0.400. The molecule has 0 bridgehead atoms. The molecular formula is C20H23FN4O2S. The van der Waals surface area contributed by atoms with Gasteiger partial charge in [-0.25, -0.2) is 4.39 Å². The summed E-state index contributed by atoms with van der Waals surface area (Å²) in [6.45, 7) is 2.34. The number of ether oxygens (including phenoxy) is 2. The molecule has 0 amide bonds. The van der Waals surface area contributed by atoms with E-state index in [2.05, 4.69) is 14.9 Å². The van der Waals surface area contributed by atoms with Crippen molar-refractivity contribution < 1.29 is 13.9 Å². The van der Waals surface area contributed by atoms with Crippen molar-refractivity contribution >= 4 is 22.7 Å². The lowest BCUT2D eigenvalue weighted by atomic mass is 9.87. The van der Waals surface area contributed by atoms with E-state index in [-0.39, 0.29) is 11.7 Å². The third-order valence-electron chi connectivity index (χ3n) is 5.30. The number of thioether (sulfide) groups is 1. The topological polar surface area (TPSA) is 73.0 Å². The second-order valence-corrected chi connectivity index (χ2v) is 8.39. The monoisotopic (exact) mass is 402 g/mol. The summed E-state index contributed by atoms with van der Waals surface area (Å²) in [5, 5.41) is 0.500. The summed E-state index contributed by atoms with van der Waals surface area (Å²) >= 11 is 1.46. The van der Waals surface area contributed by atoms with Crippen LogP contribution in [0.2, 0.25) is 0 Å². The molecule has 0 saturated carbocycles. The summed E-state index contributed by atoms with van der Waals surface area (Å²) in [6.07, 6.45) is 0. The van der Waals surface area contributed by atoms with Crippen molar-refractivity contribution in [2.45, 2.75) is 11.4 Å². The Morgan fingerprint density at radius 2 is 2.14 bits per heavy atom. The molecule has 3 heterocycles. The van der Waals surface area contributed by atoms with E-state index in [1.807, 2.05) is 24.3 Å². The zero-order valence-electron chi connectivity index (χ0n) is 15.9. The second kappa shape index (κ2) is 7.60. The first-order chi connectivity index (χ1) is 13.6. The number of aromatic nitrogens is 1. The Kier molecular flexibility index (Phi) is 5.16. The molecule has 2 aliphatic heterocycles. The van der Waals surface area contributed by atoms with Crippen molar-refractivity contribution in [3.05, 3.63) is 53.3 Å². The predicted molar refractivity (Wildman–Crippen MR) is 109 cm³/mol. The number of aliphatic imine (C=N–C) groups is 1. The van der Waals surface area contributed by atoms with Gasteiger partial charge in [0.05, 0.1) is 18.5 Å². The summed E-state index contributed by atoms with van der Waals surface area (Å²) in [5.74, 6) is 1.23. The van der Waals surface area contributed by atoms with Crippen molar-refractivity contribution in [3.8, 4) is 5.88 Å². The number of methoxy groups -OCH3 is 2. The number of fused-ring (bicyclic) bond motifs is 1. The van der Waals surface area contributed by atoms with Crippen LogP contribution in [-0.4, -0.2) is 44.0 Å². The SMILES string of the molecule is COCc1cc(OC)nc(N2C[C@@H]3CN=C(N)S[C@@]3(c3ccccc3F)C2)c1.